The van der Waals surface area contributed by atoms with Gasteiger partial charge in [-0.25, -0.2) is 0 Å². The molecule has 4 rings (SSSR count). The fourth-order valence-corrected chi connectivity index (χ4v) is 4.41. The van der Waals surface area contributed by atoms with Crippen molar-refractivity contribution in [1.29, 1.82) is 0 Å². The summed E-state index contributed by atoms with van der Waals surface area (Å²) in [4.78, 5) is 29.2. The number of nitrogens with one attached hydrogen (secondary N) is 1. The molecule has 31 heavy (non-hydrogen) atoms. The normalized spacial score (nSPS) is 11.5. The van der Waals surface area contributed by atoms with Crippen LogP contribution >= 0.6 is 11.3 Å². The van der Waals surface area contributed by atoms with E-state index in [0.717, 1.165) is 21.3 Å². The molecule has 6 heteroatoms. The molecule has 5 nitrogen and oxygen atoms in total. The molecule has 3 aromatic carbocycles. The zero-order valence-corrected chi connectivity index (χ0v) is 17.9. The highest BCUT2D eigenvalue weighted by Gasteiger charge is 2.10. The smallest absolute Gasteiger partial charge is 0.279 e. The van der Waals surface area contributed by atoms with E-state index in [1.165, 1.54) is 18.3 Å². The maximum atomic E-state index is 12.9. The standard InChI is InChI=1S/C25H21N3O2S/c1-3-15-28-22-14-13-21(26-17(2)29)16-23(22)31-25(28)27-24(30)20-11-9-19(10-12-20)18-7-5-4-6-8-18/h3-14,16H,1,15H2,2H3,(H,26,29). The highest BCUT2D eigenvalue weighted by molar-refractivity contribution is 7.16. The first-order chi connectivity index (χ1) is 15.0. The summed E-state index contributed by atoms with van der Waals surface area (Å²) in [5.41, 5.74) is 4.32. The summed E-state index contributed by atoms with van der Waals surface area (Å²) >= 11 is 1.40. The number of carbonyl (C=O) groups is 2. The van der Waals surface area contributed by atoms with E-state index in [2.05, 4.69) is 16.9 Å². The zero-order chi connectivity index (χ0) is 21.8. The van der Waals surface area contributed by atoms with Gasteiger partial charge in [-0.15, -0.1) is 6.58 Å². The molecule has 0 saturated heterocycles. The van der Waals surface area contributed by atoms with Gasteiger partial charge in [0.05, 0.1) is 10.2 Å². The van der Waals surface area contributed by atoms with Crippen molar-refractivity contribution < 1.29 is 9.59 Å². The zero-order valence-electron chi connectivity index (χ0n) is 17.0. The lowest BCUT2D eigenvalue weighted by atomic mass is 10.0. The number of benzene rings is 3. The van der Waals surface area contributed by atoms with Crippen molar-refractivity contribution in [2.24, 2.45) is 4.99 Å². The summed E-state index contributed by atoms with van der Waals surface area (Å²) in [7, 11) is 0. The van der Waals surface area contributed by atoms with Gasteiger partial charge in [0.1, 0.15) is 0 Å². The number of carbonyl (C=O) groups excluding carboxylic acids is 2. The Labute approximate surface area is 184 Å². The number of nitrogens with zero attached hydrogens (tertiary/aromatic N) is 2. The second-order valence-corrected chi connectivity index (χ2v) is 8.02. The molecule has 0 spiro atoms. The van der Waals surface area contributed by atoms with Gasteiger partial charge in [0.2, 0.25) is 5.91 Å². The van der Waals surface area contributed by atoms with Crippen LogP contribution < -0.4 is 10.1 Å². The summed E-state index contributed by atoms with van der Waals surface area (Å²) in [6.45, 7) is 5.81. The van der Waals surface area contributed by atoms with E-state index in [4.69, 9.17) is 0 Å². The van der Waals surface area contributed by atoms with E-state index in [0.29, 0.717) is 22.6 Å². The van der Waals surface area contributed by atoms with E-state index in [-0.39, 0.29) is 11.8 Å². The Balaban J connectivity index is 1.70. The van der Waals surface area contributed by atoms with Crippen LogP contribution in [0.4, 0.5) is 5.69 Å². The molecule has 0 aliphatic heterocycles. The Kier molecular flexibility index (Phi) is 5.91. The molecular weight excluding hydrogens is 406 g/mol. The summed E-state index contributed by atoms with van der Waals surface area (Å²) in [5, 5.41) is 2.78. The molecule has 0 bridgehead atoms. The molecule has 0 radical (unpaired) electrons. The maximum absolute atomic E-state index is 12.9. The third kappa shape index (κ3) is 4.54. The third-order valence-corrected chi connectivity index (χ3v) is 5.79. The first-order valence-electron chi connectivity index (χ1n) is 9.81. The number of rotatable bonds is 5. The second-order valence-electron chi connectivity index (χ2n) is 7.01. The topological polar surface area (TPSA) is 63.5 Å². The molecule has 0 aliphatic carbocycles. The highest BCUT2D eigenvalue weighted by Crippen LogP contribution is 2.23. The Hall–Kier alpha value is -3.77. The number of anilines is 1. The number of hydrogen-bond acceptors (Lipinski definition) is 3. The predicted molar refractivity (Wildman–Crippen MR) is 126 cm³/mol. The summed E-state index contributed by atoms with van der Waals surface area (Å²) in [5.74, 6) is -0.431. The molecular formula is C25H21N3O2S. The quantitative estimate of drug-likeness (QED) is 0.442. The van der Waals surface area contributed by atoms with Crippen LogP contribution in [0, 0.1) is 0 Å². The Bertz CT molecular complexity index is 1330. The van der Waals surface area contributed by atoms with Crippen LogP contribution in [0.1, 0.15) is 17.3 Å². The van der Waals surface area contributed by atoms with Gasteiger partial charge in [0, 0.05) is 24.7 Å². The Morgan fingerprint density at radius 3 is 2.42 bits per heavy atom. The van der Waals surface area contributed by atoms with Gasteiger partial charge in [-0.1, -0.05) is 59.9 Å². The van der Waals surface area contributed by atoms with Crippen molar-refractivity contribution in [3.63, 3.8) is 0 Å². The number of allylic oxidation sites excluding steroid dienone is 1. The van der Waals surface area contributed by atoms with Crippen LogP contribution in [0.3, 0.4) is 0 Å². The maximum Gasteiger partial charge on any atom is 0.279 e. The van der Waals surface area contributed by atoms with Gasteiger partial charge in [0.25, 0.3) is 5.91 Å². The second kappa shape index (κ2) is 8.93. The molecule has 4 aromatic rings. The van der Waals surface area contributed by atoms with Crippen LogP contribution in [-0.2, 0) is 11.3 Å². The van der Waals surface area contributed by atoms with Crippen molar-refractivity contribution in [2.45, 2.75) is 13.5 Å². The summed E-state index contributed by atoms with van der Waals surface area (Å²) in [6, 6.07) is 23.1. The van der Waals surface area contributed by atoms with Gasteiger partial charge in [-0.3, -0.25) is 9.59 Å². The largest absolute Gasteiger partial charge is 0.326 e. The van der Waals surface area contributed by atoms with E-state index >= 15 is 0 Å². The Morgan fingerprint density at radius 1 is 1.03 bits per heavy atom. The molecule has 0 saturated carbocycles. The van der Waals surface area contributed by atoms with Gasteiger partial charge in [-0.05, 0) is 41.5 Å². The van der Waals surface area contributed by atoms with Crippen molar-refractivity contribution >= 4 is 39.1 Å². The molecule has 1 N–H and O–H groups in total. The van der Waals surface area contributed by atoms with Crippen molar-refractivity contribution in [1.82, 2.24) is 4.57 Å². The molecule has 2 amide bonds. The van der Waals surface area contributed by atoms with Crippen molar-refractivity contribution in [2.75, 3.05) is 5.32 Å². The lowest BCUT2D eigenvalue weighted by Crippen LogP contribution is -2.16. The van der Waals surface area contributed by atoms with Crippen molar-refractivity contribution in [3.8, 4) is 11.1 Å². The number of thiazole rings is 1. The lowest BCUT2D eigenvalue weighted by Gasteiger charge is -2.04. The van der Waals surface area contributed by atoms with E-state index < -0.39 is 0 Å². The molecule has 0 fully saturated rings. The van der Waals surface area contributed by atoms with Crippen LogP contribution in [0.5, 0.6) is 0 Å². The SMILES string of the molecule is C=CCn1c(=NC(=O)c2ccc(-c3ccccc3)cc2)sc2cc(NC(C)=O)ccc21. The molecule has 154 valence electrons. The predicted octanol–water partition coefficient (Wildman–Crippen LogP) is 5.26. The minimum Gasteiger partial charge on any atom is -0.326 e. The van der Waals surface area contributed by atoms with Crippen LogP contribution in [0.25, 0.3) is 21.3 Å². The van der Waals surface area contributed by atoms with E-state index in [1.807, 2.05) is 65.2 Å². The van der Waals surface area contributed by atoms with Gasteiger partial charge in [-0.2, -0.15) is 4.99 Å². The highest BCUT2D eigenvalue weighted by atomic mass is 32.1. The van der Waals surface area contributed by atoms with Crippen LogP contribution in [0.15, 0.2) is 90.4 Å². The van der Waals surface area contributed by atoms with Crippen LogP contribution in [-0.4, -0.2) is 16.4 Å². The average molecular weight is 428 g/mol. The van der Waals surface area contributed by atoms with Gasteiger partial charge < -0.3 is 9.88 Å². The molecule has 0 aliphatic rings. The summed E-state index contributed by atoms with van der Waals surface area (Å²) < 4.78 is 2.87. The summed E-state index contributed by atoms with van der Waals surface area (Å²) in [6.07, 6.45) is 1.77. The third-order valence-electron chi connectivity index (χ3n) is 4.75. The minimum atomic E-state index is -0.300. The minimum absolute atomic E-state index is 0.131. The fraction of sp³-hybridized carbons (Fsp3) is 0.0800. The van der Waals surface area contributed by atoms with Gasteiger partial charge in [0.15, 0.2) is 4.80 Å². The number of fused-ring (bicyclic) bond motifs is 1. The van der Waals surface area contributed by atoms with E-state index in [9.17, 15) is 9.59 Å². The van der Waals surface area contributed by atoms with Crippen LogP contribution in [0.2, 0.25) is 0 Å². The molecule has 1 heterocycles. The average Bonchev–Trinajstić information content (AvgIpc) is 3.10. The van der Waals surface area contributed by atoms with E-state index in [1.54, 1.807) is 18.2 Å². The molecule has 0 unspecified atom stereocenters. The number of amides is 2. The molecule has 1 aromatic heterocycles. The van der Waals surface area contributed by atoms with Crippen molar-refractivity contribution in [3.05, 3.63) is 95.8 Å². The number of aromatic nitrogens is 1. The first-order valence-corrected chi connectivity index (χ1v) is 10.6. The fourth-order valence-electron chi connectivity index (χ4n) is 3.33. The monoisotopic (exact) mass is 427 g/mol. The first kappa shape index (κ1) is 20.5. The van der Waals surface area contributed by atoms with Gasteiger partial charge >= 0.3 is 0 Å². The lowest BCUT2D eigenvalue weighted by molar-refractivity contribution is -0.114. The Morgan fingerprint density at radius 2 is 1.74 bits per heavy atom. The number of hydrogen-bond donors (Lipinski definition) is 1. The molecule has 0 atom stereocenters.